The zero-order valence-electron chi connectivity index (χ0n) is 14.4. The summed E-state index contributed by atoms with van der Waals surface area (Å²) in [4.78, 5) is 26.2. The lowest BCUT2D eigenvalue weighted by Crippen LogP contribution is -2.32. The van der Waals surface area contributed by atoms with Crippen LogP contribution in [0.2, 0.25) is 5.02 Å². The Morgan fingerprint density at radius 1 is 0.962 bits per heavy atom. The van der Waals surface area contributed by atoms with E-state index in [1.54, 1.807) is 36.2 Å². The first kappa shape index (κ1) is 18.0. The van der Waals surface area contributed by atoms with Crippen molar-refractivity contribution in [3.8, 4) is 0 Å². The zero-order chi connectivity index (χ0) is 18.5. The molecule has 0 heterocycles. The highest BCUT2D eigenvalue weighted by Gasteiger charge is 2.14. The summed E-state index contributed by atoms with van der Waals surface area (Å²) >= 11 is 5.81. The summed E-state index contributed by atoms with van der Waals surface area (Å²) in [6, 6.07) is 20.5. The van der Waals surface area contributed by atoms with Gasteiger partial charge in [0, 0.05) is 36.0 Å². The first-order valence-corrected chi connectivity index (χ1v) is 8.72. The molecule has 132 valence electrons. The van der Waals surface area contributed by atoms with Crippen LogP contribution in [0, 0.1) is 0 Å². The number of nitrogens with one attached hydrogen (secondary N) is 1. The van der Waals surface area contributed by atoms with Crippen LogP contribution in [0.15, 0.2) is 66.7 Å². The number of hydrogen-bond acceptors (Lipinski definition) is 2. The first-order valence-electron chi connectivity index (χ1n) is 8.34. The lowest BCUT2D eigenvalue weighted by atomic mass is 10.1. The number of benzene rings is 3. The summed E-state index contributed by atoms with van der Waals surface area (Å²) in [6.07, 6.45) is 0.221. The number of anilines is 1. The minimum atomic E-state index is -0.220. The summed E-state index contributed by atoms with van der Waals surface area (Å²) < 4.78 is 0. The van der Waals surface area contributed by atoms with Crippen LogP contribution in [-0.2, 0) is 4.79 Å². The number of nitrogens with zero attached hydrogens (tertiary/aromatic N) is 1. The van der Waals surface area contributed by atoms with Gasteiger partial charge in [-0.2, -0.15) is 0 Å². The predicted molar refractivity (Wildman–Crippen MR) is 106 cm³/mol. The maximum atomic E-state index is 12.5. The highest BCUT2D eigenvalue weighted by Crippen LogP contribution is 2.26. The second-order valence-electron chi connectivity index (χ2n) is 5.96. The van der Waals surface area contributed by atoms with E-state index in [4.69, 9.17) is 11.6 Å². The lowest BCUT2D eigenvalue weighted by Gasteiger charge is -2.19. The monoisotopic (exact) mass is 366 g/mol. The van der Waals surface area contributed by atoms with Gasteiger partial charge in [-0.25, -0.2) is 0 Å². The third-order valence-corrected chi connectivity index (χ3v) is 4.48. The van der Waals surface area contributed by atoms with Crippen molar-refractivity contribution in [3.63, 3.8) is 0 Å². The van der Waals surface area contributed by atoms with Gasteiger partial charge in [0.25, 0.3) is 5.91 Å². The van der Waals surface area contributed by atoms with Gasteiger partial charge in [-0.15, -0.1) is 0 Å². The van der Waals surface area contributed by atoms with Crippen LogP contribution in [0.4, 0.5) is 5.69 Å². The molecule has 3 aromatic carbocycles. The fourth-order valence-corrected chi connectivity index (χ4v) is 2.92. The molecule has 0 atom stereocenters. The molecule has 0 aromatic heterocycles. The Morgan fingerprint density at radius 3 is 2.42 bits per heavy atom. The summed E-state index contributed by atoms with van der Waals surface area (Å²) in [6.45, 7) is 0.273. The normalized spacial score (nSPS) is 10.5. The van der Waals surface area contributed by atoms with Gasteiger partial charge in [0.15, 0.2) is 0 Å². The first-order chi connectivity index (χ1) is 12.6. The van der Waals surface area contributed by atoms with Crippen LogP contribution < -0.4 is 10.2 Å². The summed E-state index contributed by atoms with van der Waals surface area (Å²) in [5.74, 6) is -0.278. The molecule has 1 N–H and O–H groups in total. The van der Waals surface area contributed by atoms with Gasteiger partial charge in [0.1, 0.15) is 0 Å². The number of hydrogen-bond donors (Lipinski definition) is 1. The molecule has 0 unspecified atom stereocenters. The molecule has 4 nitrogen and oxygen atoms in total. The van der Waals surface area contributed by atoms with Gasteiger partial charge >= 0.3 is 0 Å². The maximum Gasteiger partial charge on any atom is 0.251 e. The molecule has 2 amide bonds. The van der Waals surface area contributed by atoms with Gasteiger partial charge in [0.2, 0.25) is 5.91 Å². The Kier molecular flexibility index (Phi) is 5.54. The van der Waals surface area contributed by atoms with Gasteiger partial charge in [0.05, 0.1) is 5.69 Å². The van der Waals surface area contributed by atoms with Gasteiger partial charge in [-0.3, -0.25) is 9.59 Å². The van der Waals surface area contributed by atoms with E-state index in [-0.39, 0.29) is 24.8 Å². The van der Waals surface area contributed by atoms with E-state index in [9.17, 15) is 9.59 Å². The van der Waals surface area contributed by atoms with Crippen LogP contribution in [-0.4, -0.2) is 25.4 Å². The van der Waals surface area contributed by atoms with Crippen LogP contribution in [0.25, 0.3) is 10.8 Å². The van der Waals surface area contributed by atoms with Crippen molar-refractivity contribution in [3.05, 3.63) is 77.3 Å². The highest BCUT2D eigenvalue weighted by atomic mass is 35.5. The second-order valence-corrected chi connectivity index (χ2v) is 6.40. The molecule has 0 aliphatic heterocycles. The topological polar surface area (TPSA) is 49.4 Å². The van der Waals surface area contributed by atoms with Gasteiger partial charge in [-0.05, 0) is 35.7 Å². The Hall–Kier alpha value is -2.85. The standard InChI is InChI=1S/C21H19ClN2O2/c1-24(19-8-4-6-15-5-2-3-7-18(15)19)20(25)13-14-23-21(26)16-9-11-17(22)12-10-16/h2-12H,13-14H2,1H3,(H,23,26). The number of rotatable bonds is 5. The van der Waals surface area contributed by atoms with Crippen molar-refractivity contribution in [2.75, 3.05) is 18.5 Å². The van der Waals surface area contributed by atoms with E-state index in [2.05, 4.69) is 5.32 Å². The minimum absolute atomic E-state index is 0.0576. The van der Waals surface area contributed by atoms with Crippen molar-refractivity contribution in [1.29, 1.82) is 0 Å². The Balaban J connectivity index is 1.61. The van der Waals surface area contributed by atoms with Gasteiger partial charge in [-0.1, -0.05) is 48.0 Å². The van der Waals surface area contributed by atoms with E-state index in [0.717, 1.165) is 16.5 Å². The molecule has 0 saturated heterocycles. The molecule has 0 saturated carbocycles. The van der Waals surface area contributed by atoms with Crippen molar-refractivity contribution in [2.24, 2.45) is 0 Å². The third-order valence-electron chi connectivity index (χ3n) is 4.23. The van der Waals surface area contributed by atoms with E-state index in [0.29, 0.717) is 10.6 Å². The Bertz CT molecular complexity index is 933. The quantitative estimate of drug-likeness (QED) is 0.732. The zero-order valence-corrected chi connectivity index (χ0v) is 15.2. The average molecular weight is 367 g/mol. The van der Waals surface area contributed by atoms with Crippen LogP contribution in [0.5, 0.6) is 0 Å². The number of carbonyl (C=O) groups excluding carboxylic acids is 2. The second kappa shape index (κ2) is 8.02. The molecule has 0 spiro atoms. The molecular formula is C21H19ClN2O2. The van der Waals surface area contributed by atoms with E-state index < -0.39 is 0 Å². The smallest absolute Gasteiger partial charge is 0.251 e. The van der Waals surface area contributed by atoms with E-state index >= 15 is 0 Å². The van der Waals surface area contributed by atoms with Crippen LogP contribution in [0.3, 0.4) is 0 Å². The van der Waals surface area contributed by atoms with Crippen molar-refractivity contribution < 1.29 is 9.59 Å². The highest BCUT2D eigenvalue weighted by molar-refractivity contribution is 6.30. The van der Waals surface area contributed by atoms with Crippen LogP contribution >= 0.6 is 11.6 Å². The lowest BCUT2D eigenvalue weighted by molar-refractivity contribution is -0.118. The number of amides is 2. The molecule has 5 heteroatoms. The molecule has 0 bridgehead atoms. The average Bonchev–Trinajstić information content (AvgIpc) is 2.67. The van der Waals surface area contributed by atoms with E-state index in [1.807, 2.05) is 42.5 Å². The summed E-state index contributed by atoms with van der Waals surface area (Å²) in [7, 11) is 1.76. The predicted octanol–water partition coefficient (Wildman–Crippen LogP) is 4.28. The van der Waals surface area contributed by atoms with E-state index in [1.165, 1.54) is 0 Å². The molecule has 0 radical (unpaired) electrons. The summed E-state index contributed by atoms with van der Waals surface area (Å²) in [5, 5.41) is 5.45. The molecule has 0 aliphatic rings. The fraction of sp³-hybridized carbons (Fsp3) is 0.143. The largest absolute Gasteiger partial charge is 0.352 e. The SMILES string of the molecule is CN(C(=O)CCNC(=O)c1ccc(Cl)cc1)c1cccc2ccccc12. The molecule has 3 aromatic rings. The molecule has 0 aliphatic carbocycles. The number of carbonyl (C=O) groups is 2. The molecule has 26 heavy (non-hydrogen) atoms. The molecular weight excluding hydrogens is 348 g/mol. The van der Waals surface area contributed by atoms with Crippen LogP contribution in [0.1, 0.15) is 16.8 Å². The number of fused-ring (bicyclic) bond motifs is 1. The Labute approximate surface area is 157 Å². The third kappa shape index (κ3) is 4.03. The molecule has 3 rings (SSSR count). The summed E-state index contributed by atoms with van der Waals surface area (Å²) in [5.41, 5.74) is 1.38. The minimum Gasteiger partial charge on any atom is -0.352 e. The van der Waals surface area contributed by atoms with Gasteiger partial charge < -0.3 is 10.2 Å². The maximum absolute atomic E-state index is 12.5. The van der Waals surface area contributed by atoms with Crippen molar-refractivity contribution in [2.45, 2.75) is 6.42 Å². The number of halogens is 1. The Morgan fingerprint density at radius 2 is 1.65 bits per heavy atom. The van der Waals surface area contributed by atoms with Crippen molar-refractivity contribution >= 4 is 39.9 Å². The van der Waals surface area contributed by atoms with Crippen molar-refractivity contribution in [1.82, 2.24) is 5.32 Å². The molecule has 0 fully saturated rings. The fourth-order valence-electron chi connectivity index (χ4n) is 2.79.